The summed E-state index contributed by atoms with van der Waals surface area (Å²) in [5, 5.41) is 10.3. The monoisotopic (exact) mass is 351 g/mol. The largest absolute Gasteiger partial charge is 0.507 e. The molecule has 0 unspecified atom stereocenters. The number of nitrogens with zero attached hydrogens (tertiary/aromatic N) is 1. The maximum absolute atomic E-state index is 12.6. The van der Waals surface area contributed by atoms with Crippen LogP contribution in [0.15, 0.2) is 64.1 Å². The first-order valence-electron chi connectivity index (χ1n) is 5.81. The van der Waals surface area contributed by atoms with Crippen molar-refractivity contribution in [3.05, 3.63) is 59.2 Å². The van der Waals surface area contributed by atoms with Crippen LogP contribution in [0.4, 0.5) is 0 Å². The highest BCUT2D eigenvalue weighted by Crippen LogP contribution is 2.34. The van der Waals surface area contributed by atoms with Crippen molar-refractivity contribution in [3.8, 4) is 5.75 Å². The van der Waals surface area contributed by atoms with E-state index >= 15 is 0 Å². The van der Waals surface area contributed by atoms with Gasteiger partial charge in [0, 0.05) is 11.6 Å². The Balaban J connectivity index is 2.29. The van der Waals surface area contributed by atoms with Crippen LogP contribution in [0, 0.1) is 0 Å². The first-order valence-corrected chi connectivity index (χ1v) is 8.04. The van der Waals surface area contributed by atoms with Gasteiger partial charge in [-0.25, -0.2) is 12.4 Å². The Labute approximate surface area is 124 Å². The van der Waals surface area contributed by atoms with Crippen LogP contribution in [0.25, 0.3) is 10.9 Å². The van der Waals surface area contributed by atoms with E-state index in [0.29, 0.717) is 15.4 Å². The van der Waals surface area contributed by atoms with E-state index in [1.54, 1.807) is 42.5 Å². The van der Waals surface area contributed by atoms with Crippen molar-refractivity contribution in [2.75, 3.05) is 0 Å². The third kappa shape index (κ3) is 1.92. The van der Waals surface area contributed by atoms with Crippen molar-refractivity contribution in [3.63, 3.8) is 0 Å². The number of benzene rings is 2. The first kappa shape index (κ1) is 13.2. The summed E-state index contributed by atoms with van der Waals surface area (Å²) in [5.41, 5.74) is 0.513. The summed E-state index contributed by atoms with van der Waals surface area (Å²) in [6, 6.07) is 12.9. The molecule has 3 rings (SSSR count). The quantitative estimate of drug-likeness (QED) is 0.770. The Hall–Kier alpha value is -1.79. The third-order valence-corrected chi connectivity index (χ3v) is 5.59. The molecule has 1 N–H and O–H groups in total. The molecule has 0 spiro atoms. The van der Waals surface area contributed by atoms with Crippen molar-refractivity contribution in [1.29, 1.82) is 0 Å². The zero-order chi connectivity index (χ0) is 14.3. The zero-order valence-corrected chi connectivity index (χ0v) is 12.6. The molecule has 0 amide bonds. The van der Waals surface area contributed by atoms with E-state index in [1.165, 1.54) is 16.2 Å². The highest BCUT2D eigenvalue weighted by Gasteiger charge is 2.19. The number of phenols is 1. The average Bonchev–Trinajstić information content (AvgIpc) is 2.89. The van der Waals surface area contributed by atoms with Gasteiger partial charge in [-0.1, -0.05) is 18.2 Å². The van der Waals surface area contributed by atoms with Crippen LogP contribution in [0.1, 0.15) is 0 Å². The van der Waals surface area contributed by atoms with Crippen LogP contribution >= 0.6 is 15.9 Å². The molecule has 0 radical (unpaired) electrons. The fourth-order valence-corrected chi connectivity index (χ4v) is 3.90. The minimum Gasteiger partial charge on any atom is -0.507 e. The van der Waals surface area contributed by atoms with Gasteiger partial charge >= 0.3 is 0 Å². The Bertz CT molecular complexity index is 885. The average molecular weight is 352 g/mol. The third-order valence-electron chi connectivity index (χ3n) is 3.05. The fraction of sp³-hybridized carbons (Fsp3) is 0. The number of aromatic hydroxyl groups is 1. The van der Waals surface area contributed by atoms with E-state index < -0.39 is 10.0 Å². The van der Waals surface area contributed by atoms with Crippen molar-refractivity contribution in [2.45, 2.75) is 4.90 Å². The summed E-state index contributed by atoms with van der Waals surface area (Å²) in [4.78, 5) is 0.224. The Morgan fingerprint density at radius 3 is 2.40 bits per heavy atom. The highest BCUT2D eigenvalue weighted by molar-refractivity contribution is 9.10. The molecule has 0 saturated carbocycles. The number of fused-ring (bicyclic) bond motifs is 1. The molecule has 20 heavy (non-hydrogen) atoms. The van der Waals surface area contributed by atoms with Gasteiger partial charge in [0.15, 0.2) is 0 Å². The standard InChI is InChI=1S/C14H10BrNO3S/c15-14-11-8-9-16(12(11)6-7-13(14)17)20(18,19)10-4-2-1-3-5-10/h1-9,17H. The number of rotatable bonds is 2. The van der Waals surface area contributed by atoms with Gasteiger partial charge < -0.3 is 5.11 Å². The van der Waals surface area contributed by atoms with Crippen LogP contribution < -0.4 is 0 Å². The Morgan fingerprint density at radius 2 is 1.70 bits per heavy atom. The number of hydrogen-bond acceptors (Lipinski definition) is 3. The van der Waals surface area contributed by atoms with Gasteiger partial charge in [0.25, 0.3) is 10.0 Å². The summed E-state index contributed by atoms with van der Waals surface area (Å²) in [7, 11) is -3.64. The second kappa shape index (κ2) is 4.64. The predicted octanol–water partition coefficient (Wildman–Crippen LogP) is 3.35. The van der Waals surface area contributed by atoms with Gasteiger partial charge in [-0.15, -0.1) is 0 Å². The number of halogens is 1. The van der Waals surface area contributed by atoms with Gasteiger partial charge in [0.05, 0.1) is 14.9 Å². The normalized spacial score (nSPS) is 11.8. The summed E-state index contributed by atoms with van der Waals surface area (Å²) in [5.74, 6) is 0.0763. The molecule has 0 fully saturated rings. The highest BCUT2D eigenvalue weighted by atomic mass is 79.9. The minimum absolute atomic E-state index is 0.0763. The molecule has 1 aromatic heterocycles. The molecule has 4 nitrogen and oxygen atoms in total. The number of phenolic OH excluding ortho intramolecular Hbond substituents is 1. The van der Waals surface area contributed by atoms with Crippen molar-refractivity contribution in [1.82, 2.24) is 3.97 Å². The second-order valence-electron chi connectivity index (χ2n) is 4.26. The summed E-state index contributed by atoms with van der Waals surface area (Å²) < 4.78 is 26.9. The van der Waals surface area contributed by atoms with Crippen molar-refractivity contribution < 1.29 is 13.5 Å². The van der Waals surface area contributed by atoms with Crippen LogP contribution in [-0.4, -0.2) is 17.5 Å². The summed E-state index contributed by atoms with van der Waals surface area (Å²) in [6.07, 6.45) is 1.48. The first-order chi connectivity index (χ1) is 9.51. The molecule has 0 saturated heterocycles. The molecule has 0 aliphatic carbocycles. The van der Waals surface area contributed by atoms with E-state index in [1.807, 2.05) is 0 Å². The minimum atomic E-state index is -3.64. The molecule has 0 bridgehead atoms. The van der Waals surface area contributed by atoms with E-state index in [2.05, 4.69) is 15.9 Å². The molecule has 3 aromatic rings. The maximum atomic E-state index is 12.6. The fourth-order valence-electron chi connectivity index (χ4n) is 2.06. The van der Waals surface area contributed by atoms with Crippen LogP contribution in [0.3, 0.4) is 0 Å². The van der Waals surface area contributed by atoms with Crippen LogP contribution in [0.5, 0.6) is 5.75 Å². The molecule has 0 atom stereocenters. The molecule has 0 aliphatic rings. The van der Waals surface area contributed by atoms with E-state index in [4.69, 9.17) is 0 Å². The molecule has 1 heterocycles. The molecule has 2 aromatic carbocycles. The Morgan fingerprint density at radius 1 is 1.00 bits per heavy atom. The Kier molecular flexibility index (Phi) is 3.07. The van der Waals surface area contributed by atoms with Crippen LogP contribution in [-0.2, 0) is 10.0 Å². The lowest BCUT2D eigenvalue weighted by Gasteiger charge is -2.08. The second-order valence-corrected chi connectivity index (χ2v) is 6.87. The lowest BCUT2D eigenvalue weighted by molar-refractivity contribution is 0.473. The van der Waals surface area contributed by atoms with Gasteiger partial charge in [0.1, 0.15) is 5.75 Å². The van der Waals surface area contributed by atoms with E-state index in [-0.39, 0.29) is 10.6 Å². The predicted molar refractivity (Wildman–Crippen MR) is 80.3 cm³/mol. The smallest absolute Gasteiger partial charge is 0.268 e. The lowest BCUT2D eigenvalue weighted by atomic mass is 10.2. The molecular formula is C14H10BrNO3S. The zero-order valence-electron chi connectivity index (χ0n) is 10.2. The molecule has 102 valence electrons. The summed E-state index contributed by atoms with van der Waals surface area (Å²) >= 11 is 3.26. The van der Waals surface area contributed by atoms with Gasteiger partial charge in [-0.05, 0) is 46.3 Å². The topological polar surface area (TPSA) is 59.3 Å². The molecular weight excluding hydrogens is 342 g/mol. The van der Waals surface area contributed by atoms with Crippen molar-refractivity contribution >= 4 is 36.9 Å². The van der Waals surface area contributed by atoms with E-state index in [9.17, 15) is 13.5 Å². The molecule has 0 aliphatic heterocycles. The maximum Gasteiger partial charge on any atom is 0.268 e. The number of aromatic nitrogens is 1. The van der Waals surface area contributed by atoms with Gasteiger partial charge in [-0.2, -0.15) is 0 Å². The SMILES string of the molecule is O=S(=O)(c1ccccc1)n1ccc2c(Br)c(O)ccc21. The van der Waals surface area contributed by atoms with Gasteiger partial charge in [-0.3, -0.25) is 0 Å². The van der Waals surface area contributed by atoms with Crippen LogP contribution in [0.2, 0.25) is 0 Å². The van der Waals surface area contributed by atoms with E-state index in [0.717, 1.165) is 0 Å². The lowest BCUT2D eigenvalue weighted by Crippen LogP contribution is -2.11. The molecule has 6 heteroatoms. The van der Waals surface area contributed by atoms with Crippen molar-refractivity contribution in [2.24, 2.45) is 0 Å². The number of hydrogen-bond donors (Lipinski definition) is 1. The summed E-state index contributed by atoms with van der Waals surface area (Å²) in [6.45, 7) is 0. The van der Waals surface area contributed by atoms with Gasteiger partial charge in [0.2, 0.25) is 0 Å².